The average molecular weight is 170 g/mol. The van der Waals surface area contributed by atoms with E-state index in [1.54, 1.807) is 0 Å². The van der Waals surface area contributed by atoms with Crippen LogP contribution >= 0.6 is 0 Å². The molecule has 0 spiro atoms. The minimum atomic E-state index is -0.702. The lowest BCUT2D eigenvalue weighted by Crippen LogP contribution is -2.58. The third kappa shape index (κ3) is 1.21. The summed E-state index contributed by atoms with van der Waals surface area (Å²) in [6, 6.07) is -0.0856. The normalized spacial score (nSPS) is 36.3. The highest BCUT2D eigenvalue weighted by Crippen LogP contribution is 2.22. The van der Waals surface area contributed by atoms with E-state index in [0.717, 1.165) is 32.5 Å². The predicted molar refractivity (Wildman–Crippen MR) is 44.0 cm³/mol. The van der Waals surface area contributed by atoms with Crippen LogP contribution in [0.1, 0.15) is 12.8 Å². The lowest BCUT2D eigenvalue weighted by molar-refractivity contribution is -0.142. The molecule has 2 N–H and O–H groups in total. The van der Waals surface area contributed by atoms with Crippen LogP contribution in [0, 0.1) is 0 Å². The SMILES string of the molecule is O=C(O)[C@H]1NCCN2CCC[C@H]12. The molecule has 0 bridgehead atoms. The van der Waals surface area contributed by atoms with Crippen LogP contribution in [-0.4, -0.2) is 47.7 Å². The van der Waals surface area contributed by atoms with E-state index in [0.29, 0.717) is 0 Å². The number of rotatable bonds is 1. The van der Waals surface area contributed by atoms with Crippen LogP contribution < -0.4 is 5.32 Å². The molecule has 0 amide bonds. The van der Waals surface area contributed by atoms with Crippen molar-refractivity contribution in [1.29, 1.82) is 0 Å². The van der Waals surface area contributed by atoms with Crippen LogP contribution in [0.15, 0.2) is 0 Å². The number of hydrogen-bond donors (Lipinski definition) is 2. The highest BCUT2D eigenvalue weighted by atomic mass is 16.4. The second kappa shape index (κ2) is 3.03. The Morgan fingerprint density at radius 1 is 1.50 bits per heavy atom. The van der Waals surface area contributed by atoms with Crippen molar-refractivity contribution in [1.82, 2.24) is 10.2 Å². The van der Waals surface area contributed by atoms with Gasteiger partial charge in [0.15, 0.2) is 0 Å². The molecule has 0 saturated carbocycles. The van der Waals surface area contributed by atoms with Gasteiger partial charge in [-0.1, -0.05) is 0 Å². The third-order valence-corrected chi connectivity index (χ3v) is 2.83. The summed E-state index contributed by atoms with van der Waals surface area (Å²) in [6.45, 7) is 2.90. The van der Waals surface area contributed by atoms with E-state index in [9.17, 15) is 4.79 Å². The molecule has 2 atom stereocenters. The lowest BCUT2D eigenvalue weighted by atomic mass is 10.0. The van der Waals surface area contributed by atoms with Crippen LogP contribution in [0.5, 0.6) is 0 Å². The van der Waals surface area contributed by atoms with Gasteiger partial charge < -0.3 is 10.4 Å². The smallest absolute Gasteiger partial charge is 0.322 e. The van der Waals surface area contributed by atoms with Crippen LogP contribution in [0.25, 0.3) is 0 Å². The zero-order chi connectivity index (χ0) is 8.55. The molecule has 0 aromatic carbocycles. The average Bonchev–Trinajstić information content (AvgIpc) is 2.49. The van der Waals surface area contributed by atoms with Gasteiger partial charge in [-0.2, -0.15) is 0 Å². The molecule has 12 heavy (non-hydrogen) atoms. The fraction of sp³-hybridized carbons (Fsp3) is 0.875. The molecule has 2 saturated heterocycles. The molecule has 0 aromatic heterocycles. The van der Waals surface area contributed by atoms with E-state index in [4.69, 9.17) is 5.11 Å². The molecule has 4 heteroatoms. The van der Waals surface area contributed by atoms with Gasteiger partial charge in [-0.3, -0.25) is 9.69 Å². The Kier molecular flexibility index (Phi) is 2.02. The van der Waals surface area contributed by atoms with Gasteiger partial charge in [0.2, 0.25) is 0 Å². The summed E-state index contributed by atoms with van der Waals surface area (Å²) < 4.78 is 0. The molecule has 0 unspecified atom stereocenters. The molecule has 2 aliphatic heterocycles. The number of piperazine rings is 1. The molecule has 4 nitrogen and oxygen atoms in total. The zero-order valence-electron chi connectivity index (χ0n) is 6.99. The van der Waals surface area contributed by atoms with Crippen LogP contribution in [0.4, 0.5) is 0 Å². The molecule has 2 rings (SSSR count). The van der Waals surface area contributed by atoms with E-state index in [1.165, 1.54) is 0 Å². The van der Waals surface area contributed by atoms with Gasteiger partial charge in [0.25, 0.3) is 0 Å². The number of fused-ring (bicyclic) bond motifs is 1. The molecule has 0 aromatic rings. The predicted octanol–water partition coefficient (Wildman–Crippen LogP) is -0.493. The Hall–Kier alpha value is -0.610. The van der Waals surface area contributed by atoms with Crippen molar-refractivity contribution in [3.05, 3.63) is 0 Å². The Labute approximate surface area is 71.5 Å². The minimum Gasteiger partial charge on any atom is -0.480 e. The van der Waals surface area contributed by atoms with Gasteiger partial charge in [-0.15, -0.1) is 0 Å². The largest absolute Gasteiger partial charge is 0.480 e. The first-order valence-electron chi connectivity index (χ1n) is 4.49. The Morgan fingerprint density at radius 3 is 3.08 bits per heavy atom. The number of carbonyl (C=O) groups is 1. The minimum absolute atomic E-state index is 0.247. The van der Waals surface area contributed by atoms with Gasteiger partial charge in [0, 0.05) is 19.1 Å². The summed E-state index contributed by atoms with van der Waals surface area (Å²) in [5.41, 5.74) is 0. The van der Waals surface area contributed by atoms with Gasteiger partial charge in [0.1, 0.15) is 6.04 Å². The van der Waals surface area contributed by atoms with Gasteiger partial charge in [-0.05, 0) is 19.4 Å². The van der Waals surface area contributed by atoms with E-state index in [2.05, 4.69) is 10.2 Å². The monoisotopic (exact) mass is 170 g/mol. The van der Waals surface area contributed by atoms with Crippen LogP contribution in [0.3, 0.4) is 0 Å². The number of carboxylic acid groups (broad SMARTS) is 1. The van der Waals surface area contributed by atoms with E-state index < -0.39 is 5.97 Å². The number of nitrogens with one attached hydrogen (secondary N) is 1. The van der Waals surface area contributed by atoms with Crippen LogP contribution in [-0.2, 0) is 4.79 Å². The first-order chi connectivity index (χ1) is 5.79. The van der Waals surface area contributed by atoms with Crippen molar-refractivity contribution in [2.45, 2.75) is 24.9 Å². The van der Waals surface area contributed by atoms with Gasteiger partial charge >= 0.3 is 5.97 Å². The summed E-state index contributed by atoms with van der Waals surface area (Å²) >= 11 is 0. The van der Waals surface area contributed by atoms with Crippen molar-refractivity contribution in [2.24, 2.45) is 0 Å². The molecule has 2 heterocycles. The molecule has 68 valence electrons. The molecule has 0 radical (unpaired) electrons. The zero-order valence-corrected chi connectivity index (χ0v) is 6.99. The number of aliphatic carboxylic acids is 1. The Balaban J connectivity index is 2.08. The van der Waals surface area contributed by atoms with E-state index in [1.807, 2.05) is 0 Å². The van der Waals surface area contributed by atoms with Crippen molar-refractivity contribution >= 4 is 5.97 Å². The molecule has 0 aliphatic carbocycles. The summed E-state index contributed by atoms with van der Waals surface area (Å²) in [4.78, 5) is 13.1. The highest BCUT2D eigenvalue weighted by molar-refractivity contribution is 5.74. The van der Waals surface area contributed by atoms with Gasteiger partial charge in [-0.25, -0.2) is 0 Å². The summed E-state index contributed by atoms with van der Waals surface area (Å²) in [5, 5.41) is 11.9. The van der Waals surface area contributed by atoms with Gasteiger partial charge in [0.05, 0.1) is 0 Å². The quantitative estimate of drug-likeness (QED) is 0.557. The highest BCUT2D eigenvalue weighted by Gasteiger charge is 2.38. The third-order valence-electron chi connectivity index (χ3n) is 2.83. The second-order valence-electron chi connectivity index (χ2n) is 3.52. The maximum atomic E-state index is 10.8. The maximum Gasteiger partial charge on any atom is 0.322 e. The standard InChI is InChI=1S/C8H14N2O2/c11-8(12)7-6-2-1-4-10(6)5-3-9-7/h6-7,9H,1-5H2,(H,11,12)/t6-,7+/m1/s1. The van der Waals surface area contributed by atoms with Crippen molar-refractivity contribution < 1.29 is 9.90 Å². The first kappa shape index (κ1) is 8.01. The fourth-order valence-electron chi connectivity index (χ4n) is 2.26. The van der Waals surface area contributed by atoms with Crippen molar-refractivity contribution in [2.75, 3.05) is 19.6 Å². The molecule has 2 aliphatic rings. The van der Waals surface area contributed by atoms with E-state index in [-0.39, 0.29) is 12.1 Å². The molecular formula is C8H14N2O2. The topological polar surface area (TPSA) is 52.6 Å². The first-order valence-corrected chi connectivity index (χ1v) is 4.49. The maximum absolute atomic E-state index is 10.8. The van der Waals surface area contributed by atoms with Crippen molar-refractivity contribution in [3.63, 3.8) is 0 Å². The molecule has 2 fully saturated rings. The number of carboxylic acids is 1. The van der Waals surface area contributed by atoms with Crippen molar-refractivity contribution in [3.8, 4) is 0 Å². The Morgan fingerprint density at radius 2 is 2.33 bits per heavy atom. The summed E-state index contributed by atoms with van der Waals surface area (Å²) in [6.07, 6.45) is 2.18. The molecular weight excluding hydrogens is 156 g/mol. The fourth-order valence-corrected chi connectivity index (χ4v) is 2.26. The number of hydrogen-bond acceptors (Lipinski definition) is 3. The van der Waals surface area contributed by atoms with Crippen LogP contribution in [0.2, 0.25) is 0 Å². The number of nitrogens with zero attached hydrogens (tertiary/aromatic N) is 1. The second-order valence-corrected chi connectivity index (χ2v) is 3.52. The summed E-state index contributed by atoms with van der Waals surface area (Å²) in [7, 11) is 0. The summed E-state index contributed by atoms with van der Waals surface area (Å²) in [5.74, 6) is -0.702. The lowest BCUT2D eigenvalue weighted by Gasteiger charge is -2.34. The Bertz CT molecular complexity index is 195. The van der Waals surface area contributed by atoms with E-state index >= 15 is 0 Å².